The van der Waals surface area contributed by atoms with Crippen LogP contribution in [0.2, 0.25) is 0 Å². The Labute approximate surface area is 127 Å². The Morgan fingerprint density at radius 1 is 1.24 bits per heavy atom. The van der Waals surface area contributed by atoms with Crippen LogP contribution in [0, 0.1) is 5.82 Å². The second-order valence-corrected chi connectivity index (χ2v) is 4.66. The number of rotatable bonds is 3. The van der Waals surface area contributed by atoms with Gasteiger partial charge in [-0.1, -0.05) is 0 Å². The van der Waals surface area contributed by atoms with Gasteiger partial charge >= 0.3 is 11.9 Å². The Balaban J connectivity index is 2.61. The molecule has 0 aliphatic heterocycles. The minimum atomic E-state index is -0.887. The van der Waals surface area contributed by atoms with Gasteiger partial charge in [0.25, 0.3) is 0 Å². The van der Waals surface area contributed by atoms with Crippen LogP contribution in [-0.2, 0) is 9.47 Å². The van der Waals surface area contributed by atoms with Crippen molar-refractivity contribution in [3.63, 3.8) is 0 Å². The number of methoxy groups -OCH3 is 2. The zero-order valence-electron chi connectivity index (χ0n) is 11.0. The highest BCUT2D eigenvalue weighted by Gasteiger charge is 2.28. The third kappa shape index (κ3) is 2.94. The Morgan fingerprint density at radius 2 is 1.90 bits per heavy atom. The lowest BCUT2D eigenvalue weighted by molar-refractivity contribution is 0.0527. The second kappa shape index (κ2) is 6.04. The fraction of sp³-hybridized carbons (Fsp3) is 0.154. The summed E-state index contributed by atoms with van der Waals surface area (Å²) in [5.74, 6) is -2.79. The first-order chi connectivity index (χ1) is 9.97. The molecule has 21 heavy (non-hydrogen) atoms. The Hall–Kier alpha value is -2.22. The van der Waals surface area contributed by atoms with E-state index in [0.717, 1.165) is 20.3 Å². The van der Waals surface area contributed by atoms with Crippen LogP contribution in [0.5, 0.6) is 0 Å². The quantitative estimate of drug-likeness (QED) is 0.786. The van der Waals surface area contributed by atoms with Crippen molar-refractivity contribution in [2.24, 2.45) is 0 Å². The predicted molar refractivity (Wildman–Crippen MR) is 72.3 cm³/mol. The Morgan fingerprint density at radius 3 is 2.52 bits per heavy atom. The number of carbonyl (C=O) groups is 2. The molecule has 6 nitrogen and oxygen atoms in total. The standard InChI is InChI=1S/C13H9BrFNO5/c1-19-12(17)9-10(13(18)20-2)21-11(16-9)7-5-6(15)3-4-8(7)14/h3-5H,1-2H3. The number of carbonyl (C=O) groups excluding carboxylic acids is 2. The monoisotopic (exact) mass is 357 g/mol. The molecule has 0 spiro atoms. The van der Waals surface area contributed by atoms with E-state index in [9.17, 15) is 14.0 Å². The molecule has 1 aromatic carbocycles. The third-order valence-corrected chi connectivity index (χ3v) is 3.23. The SMILES string of the molecule is COC(=O)c1nc(-c2cc(F)ccc2Br)oc1C(=O)OC. The molecule has 0 atom stereocenters. The number of aromatic nitrogens is 1. The largest absolute Gasteiger partial charge is 0.464 e. The first-order valence-electron chi connectivity index (χ1n) is 5.60. The normalized spacial score (nSPS) is 10.3. The Bertz CT molecular complexity index is 679. The number of halogens is 2. The van der Waals surface area contributed by atoms with Crippen LogP contribution in [0.3, 0.4) is 0 Å². The van der Waals surface area contributed by atoms with E-state index in [-0.39, 0.29) is 17.1 Å². The topological polar surface area (TPSA) is 78.6 Å². The van der Waals surface area contributed by atoms with Crippen molar-refractivity contribution in [1.29, 1.82) is 0 Å². The summed E-state index contributed by atoms with van der Waals surface area (Å²) in [7, 11) is 2.26. The number of hydrogen-bond acceptors (Lipinski definition) is 6. The van der Waals surface area contributed by atoms with Crippen molar-refractivity contribution >= 4 is 27.9 Å². The van der Waals surface area contributed by atoms with E-state index in [2.05, 4.69) is 30.4 Å². The van der Waals surface area contributed by atoms with E-state index in [1.54, 1.807) is 0 Å². The maximum atomic E-state index is 13.3. The fourth-order valence-corrected chi connectivity index (χ4v) is 1.98. The molecule has 8 heteroatoms. The van der Waals surface area contributed by atoms with Crippen molar-refractivity contribution in [3.8, 4) is 11.5 Å². The zero-order valence-corrected chi connectivity index (χ0v) is 12.6. The smallest absolute Gasteiger partial charge is 0.376 e. The molecule has 0 bridgehead atoms. The lowest BCUT2D eigenvalue weighted by Gasteiger charge is -1.99. The summed E-state index contributed by atoms with van der Waals surface area (Å²) in [6, 6.07) is 3.83. The summed E-state index contributed by atoms with van der Waals surface area (Å²) in [6.07, 6.45) is 0. The van der Waals surface area contributed by atoms with Crippen LogP contribution < -0.4 is 0 Å². The van der Waals surface area contributed by atoms with Crippen LogP contribution in [0.4, 0.5) is 4.39 Å². The van der Waals surface area contributed by atoms with E-state index in [1.807, 2.05) is 0 Å². The van der Waals surface area contributed by atoms with E-state index >= 15 is 0 Å². The molecule has 0 unspecified atom stereocenters. The molecule has 0 amide bonds. The van der Waals surface area contributed by atoms with Gasteiger partial charge in [0.15, 0.2) is 0 Å². The molecule has 0 radical (unpaired) electrons. The van der Waals surface area contributed by atoms with Gasteiger partial charge in [-0.2, -0.15) is 0 Å². The predicted octanol–water partition coefficient (Wildman–Crippen LogP) is 2.82. The molecule has 0 fully saturated rings. The molecule has 0 aliphatic carbocycles. The van der Waals surface area contributed by atoms with Crippen LogP contribution in [0.15, 0.2) is 27.1 Å². The second-order valence-electron chi connectivity index (χ2n) is 3.80. The lowest BCUT2D eigenvalue weighted by Crippen LogP contribution is -2.10. The number of hydrogen-bond donors (Lipinski definition) is 0. The molecule has 110 valence electrons. The van der Waals surface area contributed by atoms with Crippen LogP contribution >= 0.6 is 15.9 Å². The molecule has 0 saturated carbocycles. The highest BCUT2D eigenvalue weighted by Crippen LogP contribution is 2.30. The maximum absolute atomic E-state index is 13.3. The highest BCUT2D eigenvalue weighted by atomic mass is 79.9. The van der Waals surface area contributed by atoms with E-state index < -0.39 is 23.5 Å². The van der Waals surface area contributed by atoms with Crippen molar-refractivity contribution in [2.45, 2.75) is 0 Å². The summed E-state index contributed by atoms with van der Waals surface area (Å²) in [5, 5.41) is 0. The molecule has 0 aliphatic rings. The van der Waals surface area contributed by atoms with Crippen molar-refractivity contribution in [1.82, 2.24) is 4.98 Å². The minimum Gasteiger partial charge on any atom is -0.464 e. The van der Waals surface area contributed by atoms with Gasteiger partial charge in [0.1, 0.15) is 5.82 Å². The summed E-state index contributed by atoms with van der Waals surface area (Å²) >= 11 is 3.21. The van der Waals surface area contributed by atoms with Gasteiger partial charge in [0, 0.05) is 4.47 Å². The average Bonchev–Trinajstić information content (AvgIpc) is 2.93. The van der Waals surface area contributed by atoms with Gasteiger partial charge in [-0.15, -0.1) is 0 Å². The van der Waals surface area contributed by atoms with E-state index in [4.69, 9.17) is 4.42 Å². The summed E-state index contributed by atoms with van der Waals surface area (Å²) < 4.78 is 28.1. The van der Waals surface area contributed by atoms with Gasteiger partial charge in [0.05, 0.1) is 19.8 Å². The van der Waals surface area contributed by atoms with Crippen LogP contribution in [0.25, 0.3) is 11.5 Å². The summed E-state index contributed by atoms with van der Waals surface area (Å²) in [4.78, 5) is 27.1. The van der Waals surface area contributed by atoms with E-state index in [0.29, 0.717) is 4.47 Å². The number of ether oxygens (including phenoxy) is 2. The molecule has 0 N–H and O–H groups in total. The van der Waals surface area contributed by atoms with Crippen molar-refractivity contribution < 1.29 is 27.9 Å². The minimum absolute atomic E-state index is 0.109. The Kier molecular flexibility index (Phi) is 4.37. The van der Waals surface area contributed by atoms with Crippen molar-refractivity contribution in [3.05, 3.63) is 39.9 Å². The lowest BCUT2D eigenvalue weighted by atomic mass is 10.2. The maximum Gasteiger partial charge on any atom is 0.376 e. The van der Waals surface area contributed by atoms with Gasteiger partial charge in [0.2, 0.25) is 17.3 Å². The summed E-state index contributed by atoms with van der Waals surface area (Å²) in [5.41, 5.74) is -0.0918. The summed E-state index contributed by atoms with van der Waals surface area (Å²) in [6.45, 7) is 0. The first kappa shape index (κ1) is 15.2. The average molecular weight is 358 g/mol. The molecular weight excluding hydrogens is 349 g/mol. The fourth-order valence-electron chi connectivity index (χ4n) is 1.56. The number of esters is 2. The molecule has 2 rings (SSSR count). The van der Waals surface area contributed by atoms with Gasteiger partial charge in [-0.3, -0.25) is 0 Å². The molecular formula is C13H9BrFNO5. The number of oxazole rings is 1. The third-order valence-electron chi connectivity index (χ3n) is 2.54. The molecule has 0 saturated heterocycles. The zero-order chi connectivity index (χ0) is 15.6. The number of benzene rings is 1. The molecule has 2 aromatic rings. The van der Waals surface area contributed by atoms with Gasteiger partial charge in [-0.05, 0) is 34.1 Å². The molecule has 1 heterocycles. The van der Waals surface area contributed by atoms with Crippen LogP contribution in [0.1, 0.15) is 21.0 Å². The van der Waals surface area contributed by atoms with Crippen molar-refractivity contribution in [2.75, 3.05) is 14.2 Å². The van der Waals surface area contributed by atoms with Gasteiger partial charge in [-0.25, -0.2) is 19.0 Å². The number of nitrogens with zero attached hydrogens (tertiary/aromatic N) is 1. The van der Waals surface area contributed by atoms with Crippen LogP contribution in [-0.4, -0.2) is 31.1 Å². The molecule has 1 aromatic heterocycles. The van der Waals surface area contributed by atoms with Gasteiger partial charge < -0.3 is 13.9 Å². The van der Waals surface area contributed by atoms with E-state index in [1.165, 1.54) is 12.1 Å². The highest BCUT2D eigenvalue weighted by molar-refractivity contribution is 9.10. The first-order valence-corrected chi connectivity index (χ1v) is 6.40.